The van der Waals surface area contributed by atoms with Crippen molar-refractivity contribution >= 4 is 27.5 Å². The van der Waals surface area contributed by atoms with E-state index < -0.39 is 10.0 Å². The minimum absolute atomic E-state index is 0.0952. The number of nitrogens with one attached hydrogen (secondary N) is 1. The fraction of sp³-hybridized carbons (Fsp3) is 0.458. The van der Waals surface area contributed by atoms with Crippen molar-refractivity contribution < 1.29 is 13.2 Å². The number of hydrogen-bond acceptors (Lipinski definition) is 4. The predicted molar refractivity (Wildman–Crippen MR) is 126 cm³/mol. The van der Waals surface area contributed by atoms with Gasteiger partial charge in [0, 0.05) is 31.2 Å². The molecule has 0 radical (unpaired) electrons. The fourth-order valence-electron chi connectivity index (χ4n) is 4.43. The average Bonchev–Trinajstić information content (AvgIpc) is 3.32. The lowest BCUT2D eigenvalue weighted by Crippen LogP contribution is -2.45. The maximum absolute atomic E-state index is 12.9. The van der Waals surface area contributed by atoms with Gasteiger partial charge in [0.2, 0.25) is 15.9 Å². The lowest BCUT2D eigenvalue weighted by molar-refractivity contribution is -0.126. The highest BCUT2D eigenvalue weighted by Crippen LogP contribution is 2.25. The van der Waals surface area contributed by atoms with Crippen LogP contribution in [0.2, 0.25) is 5.02 Å². The molecule has 2 saturated heterocycles. The molecule has 2 aromatic carbocycles. The largest absolute Gasteiger partial charge is 0.352 e. The summed E-state index contributed by atoms with van der Waals surface area (Å²) in [6, 6.07) is 14.5. The van der Waals surface area contributed by atoms with Crippen LogP contribution in [0, 0.1) is 5.92 Å². The first kappa shape index (κ1) is 23.2. The van der Waals surface area contributed by atoms with Crippen molar-refractivity contribution in [1.82, 2.24) is 14.5 Å². The molecule has 8 heteroatoms. The Hall–Kier alpha value is -1.93. The Morgan fingerprint density at radius 1 is 0.938 bits per heavy atom. The number of hydrogen-bond donors (Lipinski definition) is 1. The van der Waals surface area contributed by atoms with Crippen LogP contribution in [0.3, 0.4) is 0 Å². The minimum Gasteiger partial charge on any atom is -0.352 e. The Morgan fingerprint density at radius 2 is 1.59 bits per heavy atom. The SMILES string of the molecule is O=C(NCc1ccc(CN2CCCC2)cc1)[C@H]1CCCN(S(=O)(=O)c2ccc(Cl)cc2)C1. The number of carbonyl (C=O) groups is 1. The van der Waals surface area contributed by atoms with Gasteiger partial charge in [-0.05, 0) is 74.2 Å². The summed E-state index contributed by atoms with van der Waals surface area (Å²) < 4.78 is 27.3. The molecule has 2 aromatic rings. The number of benzene rings is 2. The second-order valence-electron chi connectivity index (χ2n) is 8.67. The van der Waals surface area contributed by atoms with Crippen LogP contribution >= 0.6 is 11.6 Å². The number of rotatable bonds is 7. The molecule has 2 aliphatic rings. The molecule has 2 aliphatic heterocycles. The summed E-state index contributed by atoms with van der Waals surface area (Å²) in [6.45, 7) is 4.39. The molecule has 4 rings (SSSR count). The van der Waals surface area contributed by atoms with Crippen molar-refractivity contribution in [2.45, 2.75) is 43.7 Å². The number of nitrogens with zero attached hydrogens (tertiary/aromatic N) is 2. The minimum atomic E-state index is -3.64. The molecule has 172 valence electrons. The molecule has 0 saturated carbocycles. The highest BCUT2D eigenvalue weighted by atomic mass is 35.5. The van der Waals surface area contributed by atoms with Gasteiger partial charge in [-0.1, -0.05) is 35.9 Å². The highest BCUT2D eigenvalue weighted by molar-refractivity contribution is 7.89. The first-order valence-electron chi connectivity index (χ1n) is 11.3. The van der Waals surface area contributed by atoms with Gasteiger partial charge in [-0.25, -0.2) is 8.42 Å². The number of amides is 1. The van der Waals surface area contributed by atoms with Crippen LogP contribution in [-0.2, 0) is 27.9 Å². The van der Waals surface area contributed by atoms with Gasteiger partial charge in [0.1, 0.15) is 0 Å². The second-order valence-corrected chi connectivity index (χ2v) is 11.0. The van der Waals surface area contributed by atoms with Gasteiger partial charge in [-0.2, -0.15) is 4.31 Å². The average molecular weight is 476 g/mol. The molecule has 0 aliphatic carbocycles. The van der Waals surface area contributed by atoms with Crippen molar-refractivity contribution in [2.24, 2.45) is 5.92 Å². The van der Waals surface area contributed by atoms with Crippen molar-refractivity contribution in [3.05, 3.63) is 64.7 Å². The summed E-state index contributed by atoms with van der Waals surface area (Å²) in [5, 5.41) is 3.48. The fourth-order valence-corrected chi connectivity index (χ4v) is 6.08. The van der Waals surface area contributed by atoms with Gasteiger partial charge in [-0.3, -0.25) is 9.69 Å². The highest BCUT2D eigenvalue weighted by Gasteiger charge is 2.33. The molecule has 1 N–H and O–H groups in total. The molecule has 1 atom stereocenters. The lowest BCUT2D eigenvalue weighted by Gasteiger charge is -2.31. The number of halogens is 1. The van der Waals surface area contributed by atoms with Crippen LogP contribution in [0.15, 0.2) is 53.4 Å². The summed E-state index contributed by atoms with van der Waals surface area (Å²) in [7, 11) is -3.64. The maximum Gasteiger partial charge on any atom is 0.243 e. The van der Waals surface area contributed by atoms with E-state index in [9.17, 15) is 13.2 Å². The Labute approximate surface area is 195 Å². The monoisotopic (exact) mass is 475 g/mol. The third-order valence-electron chi connectivity index (χ3n) is 6.30. The van der Waals surface area contributed by atoms with Gasteiger partial charge in [-0.15, -0.1) is 0 Å². The van der Waals surface area contributed by atoms with E-state index in [1.54, 1.807) is 12.1 Å². The molecule has 32 heavy (non-hydrogen) atoms. The summed E-state index contributed by atoms with van der Waals surface area (Å²) in [4.78, 5) is 15.4. The van der Waals surface area contributed by atoms with Crippen LogP contribution in [0.25, 0.3) is 0 Å². The summed E-state index contributed by atoms with van der Waals surface area (Å²) in [5.74, 6) is -0.442. The van der Waals surface area contributed by atoms with E-state index in [2.05, 4.69) is 34.5 Å². The van der Waals surface area contributed by atoms with E-state index in [0.29, 0.717) is 31.0 Å². The van der Waals surface area contributed by atoms with Crippen LogP contribution in [0.4, 0.5) is 0 Å². The van der Waals surface area contributed by atoms with Gasteiger partial charge >= 0.3 is 0 Å². The molecule has 1 amide bonds. The van der Waals surface area contributed by atoms with E-state index in [1.165, 1.54) is 47.9 Å². The second kappa shape index (κ2) is 10.3. The van der Waals surface area contributed by atoms with Crippen molar-refractivity contribution in [3.63, 3.8) is 0 Å². The number of carbonyl (C=O) groups excluding carboxylic acids is 1. The van der Waals surface area contributed by atoms with Crippen LogP contribution in [-0.4, -0.2) is 49.7 Å². The van der Waals surface area contributed by atoms with Crippen LogP contribution in [0.5, 0.6) is 0 Å². The Kier molecular flexibility index (Phi) is 7.51. The number of sulfonamides is 1. The molecule has 2 fully saturated rings. The first-order valence-corrected chi connectivity index (χ1v) is 13.1. The smallest absolute Gasteiger partial charge is 0.243 e. The zero-order valence-corrected chi connectivity index (χ0v) is 19.7. The molecule has 0 spiro atoms. The number of likely N-dealkylation sites (tertiary alicyclic amines) is 1. The van der Waals surface area contributed by atoms with Crippen LogP contribution < -0.4 is 5.32 Å². The molecule has 6 nitrogen and oxygen atoms in total. The molecule has 2 heterocycles. The van der Waals surface area contributed by atoms with Crippen LogP contribution in [0.1, 0.15) is 36.8 Å². The molecular formula is C24H30ClN3O3S. The summed E-state index contributed by atoms with van der Waals surface area (Å²) in [6.07, 6.45) is 3.91. The Balaban J connectivity index is 1.31. The molecule has 0 aromatic heterocycles. The van der Waals surface area contributed by atoms with E-state index in [-0.39, 0.29) is 23.3 Å². The van der Waals surface area contributed by atoms with E-state index in [0.717, 1.165) is 12.1 Å². The molecule has 0 bridgehead atoms. The first-order chi connectivity index (χ1) is 15.4. The summed E-state index contributed by atoms with van der Waals surface area (Å²) in [5.41, 5.74) is 2.34. The van der Waals surface area contributed by atoms with Gasteiger partial charge in [0.05, 0.1) is 10.8 Å². The molecular weight excluding hydrogens is 446 g/mol. The Bertz CT molecular complexity index is 1020. The van der Waals surface area contributed by atoms with Gasteiger partial charge in [0.25, 0.3) is 0 Å². The van der Waals surface area contributed by atoms with Crippen molar-refractivity contribution in [2.75, 3.05) is 26.2 Å². The maximum atomic E-state index is 12.9. The van der Waals surface area contributed by atoms with E-state index in [4.69, 9.17) is 11.6 Å². The lowest BCUT2D eigenvalue weighted by atomic mass is 9.98. The Morgan fingerprint density at radius 3 is 2.28 bits per heavy atom. The third kappa shape index (κ3) is 5.70. The quantitative estimate of drug-likeness (QED) is 0.663. The zero-order valence-electron chi connectivity index (χ0n) is 18.2. The summed E-state index contributed by atoms with van der Waals surface area (Å²) >= 11 is 5.88. The normalized spacial score (nSPS) is 20.3. The third-order valence-corrected chi connectivity index (χ3v) is 8.43. The van der Waals surface area contributed by atoms with E-state index >= 15 is 0 Å². The van der Waals surface area contributed by atoms with Gasteiger partial charge < -0.3 is 5.32 Å². The van der Waals surface area contributed by atoms with Crippen molar-refractivity contribution in [1.29, 1.82) is 0 Å². The topological polar surface area (TPSA) is 69.7 Å². The molecule has 0 unspecified atom stereocenters. The standard InChI is InChI=1S/C24H30ClN3O3S/c25-22-9-11-23(12-10-22)32(30,31)28-15-3-4-21(18-28)24(29)26-16-19-5-7-20(8-6-19)17-27-13-1-2-14-27/h5-12,21H,1-4,13-18H2,(H,26,29)/t21-/m0/s1. The number of piperidine rings is 1. The van der Waals surface area contributed by atoms with Crippen molar-refractivity contribution in [3.8, 4) is 0 Å². The van der Waals surface area contributed by atoms with Gasteiger partial charge in [0.15, 0.2) is 0 Å². The van der Waals surface area contributed by atoms with E-state index in [1.807, 2.05) is 0 Å². The predicted octanol–water partition coefficient (Wildman–Crippen LogP) is 3.65. The zero-order chi connectivity index (χ0) is 22.6.